The number of nitrogen functional groups attached to an aromatic ring is 1. The van der Waals surface area contributed by atoms with Gasteiger partial charge in [0, 0.05) is 0 Å². The topological polar surface area (TPSA) is 70.8 Å². The zero-order valence-corrected chi connectivity index (χ0v) is 12.9. The molecule has 0 heterocycles. The number of anilines is 1. The number of aryl methyl sites for hydroxylation is 1. The summed E-state index contributed by atoms with van der Waals surface area (Å²) < 4.78 is 15.8. The fraction of sp³-hybridized carbons (Fsp3) is 0.235. The molecule has 0 spiro atoms. The number of hydrogen-bond donors (Lipinski definition) is 1. The van der Waals surface area contributed by atoms with E-state index in [-0.39, 0.29) is 12.4 Å². The van der Waals surface area contributed by atoms with Gasteiger partial charge in [0.25, 0.3) is 0 Å². The number of carbonyl (C=O) groups is 1. The highest BCUT2D eigenvalue weighted by Gasteiger charge is 2.15. The summed E-state index contributed by atoms with van der Waals surface area (Å²) in [6.45, 7) is 1.81. The van der Waals surface area contributed by atoms with E-state index >= 15 is 0 Å². The molecule has 0 aromatic heterocycles. The van der Waals surface area contributed by atoms with E-state index in [9.17, 15) is 4.79 Å². The lowest BCUT2D eigenvalue weighted by Gasteiger charge is -2.12. The Balaban J connectivity index is 2.15. The third kappa shape index (κ3) is 3.49. The number of carbonyl (C=O) groups excluding carboxylic acids is 1. The number of benzene rings is 2. The lowest BCUT2D eigenvalue weighted by molar-refractivity contribution is 0.0918. The summed E-state index contributed by atoms with van der Waals surface area (Å²) in [6.07, 6.45) is 0. The third-order valence-electron chi connectivity index (χ3n) is 3.23. The minimum absolute atomic E-state index is 0.128. The summed E-state index contributed by atoms with van der Waals surface area (Å²) in [4.78, 5) is 12.3. The number of nitrogens with two attached hydrogens (primary N) is 1. The van der Waals surface area contributed by atoms with Gasteiger partial charge < -0.3 is 19.9 Å². The zero-order valence-electron chi connectivity index (χ0n) is 12.9. The molecule has 0 aliphatic rings. The van der Waals surface area contributed by atoms with Crippen molar-refractivity contribution in [2.24, 2.45) is 0 Å². The highest BCUT2D eigenvalue weighted by atomic mass is 16.5. The normalized spacial score (nSPS) is 10.1. The van der Waals surface area contributed by atoms with Crippen LogP contribution in [0.1, 0.15) is 15.9 Å². The summed E-state index contributed by atoms with van der Waals surface area (Å²) >= 11 is 0. The zero-order chi connectivity index (χ0) is 16.1. The Bertz CT molecular complexity index is 682. The first-order chi connectivity index (χ1) is 10.5. The van der Waals surface area contributed by atoms with Crippen molar-refractivity contribution in [1.29, 1.82) is 0 Å². The Hall–Kier alpha value is -2.69. The van der Waals surface area contributed by atoms with E-state index in [0.29, 0.717) is 28.5 Å². The van der Waals surface area contributed by atoms with Gasteiger partial charge in [-0.15, -0.1) is 0 Å². The molecule has 0 saturated heterocycles. The molecule has 2 rings (SSSR count). The van der Waals surface area contributed by atoms with E-state index in [1.165, 1.54) is 7.11 Å². The fourth-order valence-electron chi connectivity index (χ4n) is 2.05. The number of hydrogen-bond acceptors (Lipinski definition) is 5. The molecule has 0 fully saturated rings. The summed E-state index contributed by atoms with van der Waals surface area (Å²) in [5.41, 5.74) is 7.81. The van der Waals surface area contributed by atoms with Gasteiger partial charge in [-0.2, -0.15) is 0 Å². The van der Waals surface area contributed by atoms with Gasteiger partial charge in [0.15, 0.2) is 6.61 Å². The maximum absolute atomic E-state index is 12.3. The predicted octanol–water partition coefficient (Wildman–Crippen LogP) is 2.86. The molecule has 5 heteroatoms. The van der Waals surface area contributed by atoms with Gasteiger partial charge in [-0.05, 0) is 42.8 Å². The molecule has 2 N–H and O–H groups in total. The predicted molar refractivity (Wildman–Crippen MR) is 85.0 cm³/mol. The molecule has 2 aromatic rings. The van der Waals surface area contributed by atoms with Gasteiger partial charge in [0.05, 0.1) is 25.5 Å². The molecule has 2 aromatic carbocycles. The van der Waals surface area contributed by atoms with Gasteiger partial charge in [0.2, 0.25) is 5.78 Å². The van der Waals surface area contributed by atoms with Crippen LogP contribution >= 0.6 is 0 Å². The van der Waals surface area contributed by atoms with Crippen LogP contribution in [0, 0.1) is 6.92 Å². The van der Waals surface area contributed by atoms with Crippen LogP contribution < -0.4 is 19.9 Å². The van der Waals surface area contributed by atoms with E-state index in [2.05, 4.69) is 0 Å². The number of rotatable bonds is 6. The Morgan fingerprint density at radius 2 is 1.77 bits per heavy atom. The van der Waals surface area contributed by atoms with Gasteiger partial charge in [0.1, 0.15) is 17.2 Å². The van der Waals surface area contributed by atoms with Crippen LogP contribution in [0.15, 0.2) is 36.4 Å². The molecule has 0 radical (unpaired) electrons. The van der Waals surface area contributed by atoms with Crippen molar-refractivity contribution in [1.82, 2.24) is 0 Å². The summed E-state index contributed by atoms with van der Waals surface area (Å²) in [5, 5.41) is 0. The maximum atomic E-state index is 12.3. The molecule has 0 aliphatic heterocycles. The highest BCUT2D eigenvalue weighted by molar-refractivity contribution is 6.00. The maximum Gasteiger partial charge on any atom is 0.204 e. The molecule has 116 valence electrons. The van der Waals surface area contributed by atoms with Gasteiger partial charge in [-0.3, -0.25) is 4.79 Å². The molecule has 0 atom stereocenters. The van der Waals surface area contributed by atoms with Crippen molar-refractivity contribution < 1.29 is 19.0 Å². The molecule has 0 amide bonds. The first kappa shape index (κ1) is 15.7. The Morgan fingerprint density at radius 1 is 1.05 bits per heavy atom. The second kappa shape index (κ2) is 6.85. The molecule has 22 heavy (non-hydrogen) atoms. The van der Waals surface area contributed by atoms with Gasteiger partial charge >= 0.3 is 0 Å². The van der Waals surface area contributed by atoms with Crippen LogP contribution in [0.3, 0.4) is 0 Å². The quantitative estimate of drug-likeness (QED) is 0.656. The minimum Gasteiger partial charge on any atom is -0.497 e. The second-order valence-electron chi connectivity index (χ2n) is 4.82. The summed E-state index contributed by atoms with van der Waals surface area (Å²) in [6, 6.07) is 10.5. The minimum atomic E-state index is -0.212. The third-order valence-corrected chi connectivity index (χ3v) is 3.23. The molecule has 0 bridgehead atoms. The standard InChI is InChI=1S/C17H19NO4/c1-11-4-6-17(14(18)8-11)22-10-15(19)13-9-12(20-2)5-7-16(13)21-3/h4-9H,10,18H2,1-3H3. The molecular formula is C17H19NO4. The molecule has 0 unspecified atom stereocenters. The Labute approximate surface area is 129 Å². The number of methoxy groups -OCH3 is 2. The molecular weight excluding hydrogens is 282 g/mol. The molecule has 0 aliphatic carbocycles. The number of Topliss-reactive ketones (excluding diaryl/α,β-unsaturated/α-hetero) is 1. The van der Waals surface area contributed by atoms with Crippen LogP contribution in [-0.2, 0) is 0 Å². The number of ether oxygens (including phenoxy) is 3. The van der Waals surface area contributed by atoms with Crippen LogP contribution in [0.5, 0.6) is 17.2 Å². The van der Waals surface area contributed by atoms with E-state index in [4.69, 9.17) is 19.9 Å². The van der Waals surface area contributed by atoms with Crippen LogP contribution in [0.2, 0.25) is 0 Å². The van der Waals surface area contributed by atoms with Crippen LogP contribution in [0.25, 0.3) is 0 Å². The van der Waals surface area contributed by atoms with Crippen molar-refractivity contribution in [3.05, 3.63) is 47.5 Å². The average Bonchev–Trinajstić information content (AvgIpc) is 2.53. The van der Waals surface area contributed by atoms with Gasteiger partial charge in [-0.1, -0.05) is 6.07 Å². The molecule has 5 nitrogen and oxygen atoms in total. The SMILES string of the molecule is COc1ccc(OC)c(C(=O)COc2ccc(C)cc2N)c1. The van der Waals surface area contributed by atoms with Gasteiger partial charge in [-0.25, -0.2) is 0 Å². The molecule has 0 saturated carbocycles. The lowest BCUT2D eigenvalue weighted by atomic mass is 10.1. The van der Waals surface area contributed by atoms with Crippen molar-refractivity contribution in [2.75, 3.05) is 26.6 Å². The Kier molecular flexibility index (Phi) is 4.88. The smallest absolute Gasteiger partial charge is 0.204 e. The van der Waals surface area contributed by atoms with Crippen LogP contribution in [-0.4, -0.2) is 26.6 Å². The van der Waals surface area contributed by atoms with E-state index in [1.54, 1.807) is 37.4 Å². The first-order valence-corrected chi connectivity index (χ1v) is 6.79. The first-order valence-electron chi connectivity index (χ1n) is 6.79. The van der Waals surface area contributed by atoms with E-state index in [0.717, 1.165) is 5.56 Å². The lowest BCUT2D eigenvalue weighted by Crippen LogP contribution is -2.13. The van der Waals surface area contributed by atoms with Crippen LogP contribution in [0.4, 0.5) is 5.69 Å². The number of ketones is 1. The monoisotopic (exact) mass is 301 g/mol. The average molecular weight is 301 g/mol. The highest BCUT2D eigenvalue weighted by Crippen LogP contribution is 2.26. The summed E-state index contributed by atoms with van der Waals surface area (Å²) in [5.74, 6) is 1.34. The summed E-state index contributed by atoms with van der Waals surface area (Å²) in [7, 11) is 3.05. The van der Waals surface area contributed by atoms with Crippen molar-refractivity contribution in [3.8, 4) is 17.2 Å². The largest absolute Gasteiger partial charge is 0.497 e. The van der Waals surface area contributed by atoms with E-state index < -0.39 is 0 Å². The Morgan fingerprint density at radius 3 is 2.41 bits per heavy atom. The van der Waals surface area contributed by atoms with Crippen molar-refractivity contribution in [3.63, 3.8) is 0 Å². The second-order valence-corrected chi connectivity index (χ2v) is 4.82. The van der Waals surface area contributed by atoms with Crippen molar-refractivity contribution >= 4 is 11.5 Å². The fourth-order valence-corrected chi connectivity index (χ4v) is 2.05. The van der Waals surface area contributed by atoms with E-state index in [1.807, 2.05) is 13.0 Å². The van der Waals surface area contributed by atoms with Crippen molar-refractivity contribution in [2.45, 2.75) is 6.92 Å².